The lowest BCUT2D eigenvalue weighted by Gasteiger charge is -2.01. The van der Waals surface area contributed by atoms with Gasteiger partial charge in [0, 0.05) is 4.88 Å². The third kappa shape index (κ3) is 2.14. The normalized spacial score (nSPS) is 10.1. The van der Waals surface area contributed by atoms with Gasteiger partial charge in [-0.2, -0.15) is 0 Å². The average Bonchev–Trinajstić information content (AvgIpc) is 2.78. The Morgan fingerprint density at radius 3 is 2.69 bits per heavy atom. The molecule has 1 aromatic carbocycles. The van der Waals surface area contributed by atoms with Crippen LogP contribution < -0.4 is 4.74 Å². The number of carbonyl (C=O) groups excluding carboxylic acids is 1. The van der Waals surface area contributed by atoms with E-state index in [1.54, 1.807) is 14.0 Å². The molecule has 82 valence electrons. The van der Waals surface area contributed by atoms with E-state index >= 15 is 0 Å². The standard InChI is InChI=1S/C13H12O2S/c1-9(14)12-6-7-13(16-12)10-4-3-5-11(8-10)15-2/h3-8H,1-2H3. The molecule has 0 amide bonds. The third-order valence-corrected chi connectivity index (χ3v) is 3.54. The zero-order valence-electron chi connectivity index (χ0n) is 9.19. The first-order valence-corrected chi connectivity index (χ1v) is 5.77. The van der Waals surface area contributed by atoms with Crippen molar-refractivity contribution in [1.82, 2.24) is 0 Å². The van der Waals surface area contributed by atoms with Crippen molar-refractivity contribution in [1.29, 1.82) is 0 Å². The van der Waals surface area contributed by atoms with Crippen LogP contribution in [-0.2, 0) is 0 Å². The second-order valence-electron chi connectivity index (χ2n) is 3.45. The van der Waals surface area contributed by atoms with Crippen molar-refractivity contribution in [3.63, 3.8) is 0 Å². The van der Waals surface area contributed by atoms with Gasteiger partial charge >= 0.3 is 0 Å². The second kappa shape index (κ2) is 4.49. The summed E-state index contributed by atoms with van der Waals surface area (Å²) in [4.78, 5) is 13.1. The minimum Gasteiger partial charge on any atom is -0.497 e. The first-order valence-electron chi connectivity index (χ1n) is 4.96. The quantitative estimate of drug-likeness (QED) is 0.755. The predicted octanol–water partition coefficient (Wildman–Crippen LogP) is 3.63. The Morgan fingerprint density at radius 1 is 1.25 bits per heavy atom. The van der Waals surface area contributed by atoms with Crippen LogP contribution in [0.3, 0.4) is 0 Å². The number of ether oxygens (including phenoxy) is 1. The average molecular weight is 232 g/mol. The number of thiophene rings is 1. The Kier molecular flexibility index (Phi) is 3.06. The molecule has 0 saturated heterocycles. The SMILES string of the molecule is COc1cccc(-c2ccc(C(C)=O)s2)c1. The fraction of sp³-hybridized carbons (Fsp3) is 0.154. The van der Waals surface area contributed by atoms with E-state index in [9.17, 15) is 4.79 Å². The monoisotopic (exact) mass is 232 g/mol. The van der Waals surface area contributed by atoms with Gasteiger partial charge in [0.15, 0.2) is 5.78 Å². The van der Waals surface area contributed by atoms with Gasteiger partial charge in [-0.05, 0) is 36.8 Å². The molecule has 3 heteroatoms. The maximum Gasteiger partial charge on any atom is 0.169 e. The lowest BCUT2D eigenvalue weighted by Crippen LogP contribution is -1.83. The number of benzene rings is 1. The van der Waals surface area contributed by atoms with Gasteiger partial charge in [0.1, 0.15) is 5.75 Å². The van der Waals surface area contributed by atoms with Crippen LogP contribution in [0.25, 0.3) is 10.4 Å². The molecule has 1 heterocycles. The van der Waals surface area contributed by atoms with Gasteiger partial charge in [0.05, 0.1) is 12.0 Å². The second-order valence-corrected chi connectivity index (χ2v) is 4.54. The molecule has 2 nitrogen and oxygen atoms in total. The molecule has 0 atom stereocenters. The highest BCUT2D eigenvalue weighted by molar-refractivity contribution is 7.17. The summed E-state index contributed by atoms with van der Waals surface area (Å²) in [5.41, 5.74) is 1.08. The molecule has 0 aliphatic carbocycles. The van der Waals surface area contributed by atoms with E-state index in [4.69, 9.17) is 4.74 Å². The molecule has 16 heavy (non-hydrogen) atoms. The summed E-state index contributed by atoms with van der Waals surface area (Å²) in [6, 6.07) is 11.7. The number of ketones is 1. The molecular formula is C13H12O2S. The van der Waals surface area contributed by atoms with Gasteiger partial charge in [-0.3, -0.25) is 4.79 Å². The summed E-state index contributed by atoms with van der Waals surface area (Å²) in [6.45, 7) is 1.58. The fourth-order valence-corrected chi connectivity index (χ4v) is 2.36. The van der Waals surface area contributed by atoms with Crippen molar-refractivity contribution >= 4 is 17.1 Å². The van der Waals surface area contributed by atoms with Gasteiger partial charge < -0.3 is 4.74 Å². The highest BCUT2D eigenvalue weighted by Crippen LogP contribution is 2.30. The van der Waals surface area contributed by atoms with Crippen molar-refractivity contribution in [3.8, 4) is 16.2 Å². The highest BCUT2D eigenvalue weighted by atomic mass is 32.1. The number of hydrogen-bond acceptors (Lipinski definition) is 3. The summed E-state index contributed by atoms with van der Waals surface area (Å²) >= 11 is 1.51. The number of rotatable bonds is 3. The Morgan fingerprint density at radius 2 is 2.06 bits per heavy atom. The van der Waals surface area contributed by atoms with Crippen molar-refractivity contribution in [2.75, 3.05) is 7.11 Å². The van der Waals surface area contributed by atoms with E-state index in [1.807, 2.05) is 36.4 Å². The Bertz CT molecular complexity index is 514. The van der Waals surface area contributed by atoms with Gasteiger partial charge in [0.2, 0.25) is 0 Å². The van der Waals surface area contributed by atoms with Gasteiger partial charge in [-0.25, -0.2) is 0 Å². The minimum atomic E-state index is 0.110. The van der Waals surface area contributed by atoms with Gasteiger partial charge in [-0.15, -0.1) is 11.3 Å². The summed E-state index contributed by atoms with van der Waals surface area (Å²) in [5, 5.41) is 0. The van der Waals surface area contributed by atoms with Gasteiger partial charge in [0.25, 0.3) is 0 Å². The van der Waals surface area contributed by atoms with Gasteiger partial charge in [-0.1, -0.05) is 12.1 Å². The Labute approximate surface area is 98.5 Å². The smallest absolute Gasteiger partial charge is 0.169 e. The van der Waals surface area contributed by atoms with Crippen LogP contribution in [0.4, 0.5) is 0 Å². The van der Waals surface area contributed by atoms with E-state index in [2.05, 4.69) is 0 Å². The maximum atomic E-state index is 11.2. The van der Waals surface area contributed by atoms with Crippen molar-refractivity contribution in [2.45, 2.75) is 6.92 Å². The zero-order valence-corrected chi connectivity index (χ0v) is 10.0. The van der Waals surface area contributed by atoms with Crippen LogP contribution in [0.2, 0.25) is 0 Å². The predicted molar refractivity (Wildman–Crippen MR) is 66.3 cm³/mol. The number of hydrogen-bond donors (Lipinski definition) is 0. The molecule has 0 bridgehead atoms. The van der Waals surface area contributed by atoms with E-state index in [0.29, 0.717) is 0 Å². The summed E-state index contributed by atoms with van der Waals surface area (Å²) in [7, 11) is 1.65. The molecule has 0 unspecified atom stereocenters. The van der Waals surface area contributed by atoms with Crippen LogP contribution >= 0.6 is 11.3 Å². The number of methoxy groups -OCH3 is 1. The van der Waals surface area contributed by atoms with E-state index in [1.165, 1.54) is 11.3 Å². The Hall–Kier alpha value is -1.61. The van der Waals surface area contributed by atoms with Crippen LogP contribution in [-0.4, -0.2) is 12.9 Å². The molecule has 1 aromatic heterocycles. The molecular weight excluding hydrogens is 220 g/mol. The van der Waals surface area contributed by atoms with Crippen LogP contribution in [0, 0.1) is 0 Å². The number of carbonyl (C=O) groups is 1. The molecule has 0 fully saturated rings. The van der Waals surface area contributed by atoms with E-state index < -0.39 is 0 Å². The molecule has 0 saturated carbocycles. The molecule has 0 aliphatic heterocycles. The first kappa shape index (κ1) is 10.9. The lowest BCUT2D eigenvalue weighted by molar-refractivity contribution is 0.102. The highest BCUT2D eigenvalue weighted by Gasteiger charge is 2.06. The molecule has 0 radical (unpaired) electrons. The first-order chi connectivity index (χ1) is 7.70. The molecule has 0 spiro atoms. The molecule has 2 rings (SSSR count). The van der Waals surface area contributed by atoms with Crippen LogP contribution in [0.5, 0.6) is 5.75 Å². The van der Waals surface area contributed by atoms with Crippen molar-refractivity contribution in [2.24, 2.45) is 0 Å². The van der Waals surface area contributed by atoms with Crippen molar-refractivity contribution in [3.05, 3.63) is 41.3 Å². The molecule has 0 N–H and O–H groups in total. The fourth-order valence-electron chi connectivity index (χ4n) is 1.46. The van der Waals surface area contributed by atoms with Crippen LogP contribution in [0.1, 0.15) is 16.6 Å². The minimum absolute atomic E-state index is 0.110. The topological polar surface area (TPSA) is 26.3 Å². The lowest BCUT2D eigenvalue weighted by atomic mass is 10.2. The molecule has 0 aliphatic rings. The number of Topliss-reactive ketones (excluding diaryl/α,β-unsaturated/α-hetero) is 1. The summed E-state index contributed by atoms with van der Waals surface area (Å²) < 4.78 is 5.17. The third-order valence-electron chi connectivity index (χ3n) is 2.31. The van der Waals surface area contributed by atoms with Crippen LogP contribution in [0.15, 0.2) is 36.4 Å². The maximum absolute atomic E-state index is 11.2. The summed E-state index contributed by atoms with van der Waals surface area (Å²) in [5.74, 6) is 0.939. The summed E-state index contributed by atoms with van der Waals surface area (Å²) in [6.07, 6.45) is 0. The van der Waals surface area contributed by atoms with Crippen molar-refractivity contribution < 1.29 is 9.53 Å². The van der Waals surface area contributed by atoms with E-state index in [0.717, 1.165) is 21.1 Å². The molecule has 2 aromatic rings. The van der Waals surface area contributed by atoms with E-state index in [-0.39, 0.29) is 5.78 Å². The zero-order chi connectivity index (χ0) is 11.5. The Balaban J connectivity index is 2.38. The largest absolute Gasteiger partial charge is 0.497 e.